The second-order valence-electron chi connectivity index (χ2n) is 5.75. The van der Waals surface area contributed by atoms with Crippen LogP contribution in [0.15, 0.2) is 29.1 Å². The van der Waals surface area contributed by atoms with Gasteiger partial charge in [-0.25, -0.2) is 0 Å². The summed E-state index contributed by atoms with van der Waals surface area (Å²) in [5.74, 6) is 0.569. The van der Waals surface area contributed by atoms with E-state index >= 15 is 0 Å². The average Bonchev–Trinajstić information content (AvgIpc) is 2.48. The van der Waals surface area contributed by atoms with Crippen LogP contribution < -0.4 is 5.56 Å². The van der Waals surface area contributed by atoms with Gasteiger partial charge in [-0.2, -0.15) is 0 Å². The molecule has 1 aromatic heterocycles. The lowest BCUT2D eigenvalue weighted by Crippen LogP contribution is -2.33. The van der Waals surface area contributed by atoms with Crippen molar-refractivity contribution in [2.75, 3.05) is 19.6 Å². The predicted molar refractivity (Wildman–Crippen MR) is 83.4 cm³/mol. The highest BCUT2D eigenvalue weighted by atomic mass is 16.1. The lowest BCUT2D eigenvalue weighted by molar-refractivity contribution is 0.222. The van der Waals surface area contributed by atoms with Gasteiger partial charge in [-0.3, -0.25) is 4.79 Å². The molecule has 1 aromatic carbocycles. The molecule has 0 atom stereocenters. The molecule has 0 radical (unpaired) electrons. The molecule has 1 aliphatic rings. The van der Waals surface area contributed by atoms with Gasteiger partial charge in [0.1, 0.15) is 0 Å². The van der Waals surface area contributed by atoms with Crippen LogP contribution in [0.1, 0.15) is 36.9 Å². The standard InChI is InChI=1S/C17H22N2O/c1-3-19-10-8-13(9-11-19)16-12(2)18-17(20)15-7-5-4-6-14(15)16/h4-7,13H,3,8-11H2,1-2H3,(H,18,20). The van der Waals surface area contributed by atoms with Gasteiger partial charge < -0.3 is 9.88 Å². The van der Waals surface area contributed by atoms with E-state index in [9.17, 15) is 4.79 Å². The van der Waals surface area contributed by atoms with E-state index in [-0.39, 0.29) is 5.56 Å². The van der Waals surface area contributed by atoms with E-state index in [1.807, 2.05) is 25.1 Å². The maximum atomic E-state index is 12.1. The zero-order valence-electron chi connectivity index (χ0n) is 12.3. The number of hydrogen-bond acceptors (Lipinski definition) is 2. The van der Waals surface area contributed by atoms with Crippen molar-refractivity contribution >= 4 is 10.8 Å². The summed E-state index contributed by atoms with van der Waals surface area (Å²) in [6.45, 7) is 7.72. The van der Waals surface area contributed by atoms with E-state index in [4.69, 9.17) is 0 Å². The molecule has 1 N–H and O–H groups in total. The van der Waals surface area contributed by atoms with Crippen LogP contribution in [0.4, 0.5) is 0 Å². The number of aryl methyl sites for hydroxylation is 1. The summed E-state index contributed by atoms with van der Waals surface area (Å²) in [6.07, 6.45) is 2.37. The quantitative estimate of drug-likeness (QED) is 0.910. The summed E-state index contributed by atoms with van der Waals surface area (Å²) in [4.78, 5) is 17.6. The first-order valence-electron chi connectivity index (χ1n) is 7.54. The fourth-order valence-electron chi connectivity index (χ4n) is 3.49. The first-order valence-corrected chi connectivity index (χ1v) is 7.54. The number of benzene rings is 1. The van der Waals surface area contributed by atoms with Crippen molar-refractivity contribution in [3.8, 4) is 0 Å². The third-order valence-corrected chi connectivity index (χ3v) is 4.61. The summed E-state index contributed by atoms with van der Waals surface area (Å²) < 4.78 is 0. The second kappa shape index (κ2) is 5.41. The molecule has 0 bridgehead atoms. The highest BCUT2D eigenvalue weighted by molar-refractivity contribution is 5.85. The van der Waals surface area contributed by atoms with Crippen LogP contribution in [0.2, 0.25) is 0 Å². The Morgan fingerprint density at radius 1 is 1.20 bits per heavy atom. The topological polar surface area (TPSA) is 36.1 Å². The van der Waals surface area contributed by atoms with Crippen LogP contribution in [-0.2, 0) is 0 Å². The highest BCUT2D eigenvalue weighted by Crippen LogP contribution is 2.33. The molecule has 3 heteroatoms. The van der Waals surface area contributed by atoms with Gasteiger partial charge >= 0.3 is 0 Å². The molecule has 106 valence electrons. The number of piperidine rings is 1. The van der Waals surface area contributed by atoms with Crippen LogP contribution >= 0.6 is 0 Å². The Labute approximate surface area is 119 Å². The van der Waals surface area contributed by atoms with Crippen molar-refractivity contribution in [3.63, 3.8) is 0 Å². The zero-order valence-corrected chi connectivity index (χ0v) is 12.3. The average molecular weight is 270 g/mol. The first kappa shape index (κ1) is 13.4. The normalized spacial score (nSPS) is 17.7. The minimum Gasteiger partial charge on any atom is -0.326 e. The smallest absolute Gasteiger partial charge is 0.256 e. The number of nitrogens with zero attached hydrogens (tertiary/aromatic N) is 1. The van der Waals surface area contributed by atoms with Gasteiger partial charge in [0.15, 0.2) is 0 Å². The van der Waals surface area contributed by atoms with E-state index < -0.39 is 0 Å². The summed E-state index contributed by atoms with van der Waals surface area (Å²) in [6, 6.07) is 8.00. The molecule has 1 saturated heterocycles. The predicted octanol–water partition coefficient (Wildman–Crippen LogP) is 3.04. The monoisotopic (exact) mass is 270 g/mol. The Balaban J connectivity index is 2.06. The molecule has 20 heavy (non-hydrogen) atoms. The third kappa shape index (κ3) is 2.27. The van der Waals surface area contributed by atoms with Gasteiger partial charge in [-0.05, 0) is 62.3 Å². The van der Waals surface area contributed by atoms with Gasteiger partial charge in [0.05, 0.1) is 0 Å². The minimum absolute atomic E-state index is 0.0350. The minimum atomic E-state index is 0.0350. The van der Waals surface area contributed by atoms with Crippen molar-refractivity contribution in [1.29, 1.82) is 0 Å². The molecule has 0 spiro atoms. The second-order valence-corrected chi connectivity index (χ2v) is 5.75. The molecule has 0 saturated carbocycles. The van der Waals surface area contributed by atoms with Crippen LogP contribution in [0.25, 0.3) is 10.8 Å². The van der Waals surface area contributed by atoms with Crippen molar-refractivity contribution in [2.24, 2.45) is 0 Å². The van der Waals surface area contributed by atoms with E-state index in [1.165, 1.54) is 18.4 Å². The van der Waals surface area contributed by atoms with E-state index in [0.717, 1.165) is 36.1 Å². The molecule has 1 fully saturated rings. The summed E-state index contributed by atoms with van der Waals surface area (Å²) in [5, 5.41) is 1.97. The SMILES string of the molecule is CCN1CCC(c2c(C)[nH]c(=O)c3ccccc23)CC1. The number of H-pyrrole nitrogens is 1. The molecule has 0 amide bonds. The number of aromatic nitrogens is 1. The lowest BCUT2D eigenvalue weighted by atomic mass is 9.85. The van der Waals surface area contributed by atoms with Crippen LogP contribution in [0, 0.1) is 6.92 Å². The molecule has 0 unspecified atom stereocenters. The third-order valence-electron chi connectivity index (χ3n) is 4.61. The number of nitrogens with one attached hydrogen (secondary N) is 1. The highest BCUT2D eigenvalue weighted by Gasteiger charge is 2.23. The molecule has 1 aliphatic heterocycles. The molecule has 2 aromatic rings. The van der Waals surface area contributed by atoms with Gasteiger partial charge in [0.25, 0.3) is 5.56 Å². The Morgan fingerprint density at radius 3 is 2.50 bits per heavy atom. The molecule has 0 aliphatic carbocycles. The van der Waals surface area contributed by atoms with Crippen molar-refractivity contribution in [3.05, 3.63) is 45.9 Å². The number of likely N-dealkylation sites (tertiary alicyclic amines) is 1. The molecule has 3 nitrogen and oxygen atoms in total. The number of hydrogen-bond donors (Lipinski definition) is 1. The van der Waals surface area contributed by atoms with Crippen LogP contribution in [0.3, 0.4) is 0 Å². The molecular formula is C17H22N2O. The number of pyridine rings is 1. The van der Waals surface area contributed by atoms with Crippen molar-refractivity contribution in [1.82, 2.24) is 9.88 Å². The Kier molecular flexibility index (Phi) is 3.62. The van der Waals surface area contributed by atoms with Crippen LogP contribution in [0.5, 0.6) is 0 Å². The zero-order chi connectivity index (χ0) is 14.1. The van der Waals surface area contributed by atoms with Crippen LogP contribution in [-0.4, -0.2) is 29.5 Å². The van der Waals surface area contributed by atoms with E-state index in [1.54, 1.807) is 0 Å². The number of fused-ring (bicyclic) bond motifs is 1. The summed E-state index contributed by atoms with van der Waals surface area (Å²) in [7, 11) is 0. The largest absolute Gasteiger partial charge is 0.326 e. The molecule has 3 rings (SSSR count). The number of aromatic amines is 1. The Bertz CT molecular complexity index is 666. The Hall–Kier alpha value is -1.61. The van der Waals surface area contributed by atoms with Gasteiger partial charge in [-0.15, -0.1) is 0 Å². The molecule has 2 heterocycles. The number of rotatable bonds is 2. The van der Waals surface area contributed by atoms with Crippen molar-refractivity contribution in [2.45, 2.75) is 32.6 Å². The van der Waals surface area contributed by atoms with Gasteiger partial charge in [-0.1, -0.05) is 25.1 Å². The van der Waals surface area contributed by atoms with Gasteiger partial charge in [0.2, 0.25) is 0 Å². The van der Waals surface area contributed by atoms with E-state index in [2.05, 4.69) is 22.9 Å². The molecular weight excluding hydrogens is 248 g/mol. The lowest BCUT2D eigenvalue weighted by Gasteiger charge is -2.32. The fourth-order valence-corrected chi connectivity index (χ4v) is 3.49. The first-order chi connectivity index (χ1) is 9.70. The summed E-state index contributed by atoms with van der Waals surface area (Å²) >= 11 is 0. The van der Waals surface area contributed by atoms with Crippen molar-refractivity contribution < 1.29 is 0 Å². The Morgan fingerprint density at radius 2 is 1.85 bits per heavy atom. The van der Waals surface area contributed by atoms with Gasteiger partial charge in [0, 0.05) is 11.1 Å². The fraction of sp³-hybridized carbons (Fsp3) is 0.471. The van der Waals surface area contributed by atoms with E-state index in [0.29, 0.717) is 5.92 Å². The summed E-state index contributed by atoms with van der Waals surface area (Å²) in [5.41, 5.74) is 2.44. The maximum absolute atomic E-state index is 12.1. The maximum Gasteiger partial charge on any atom is 0.256 e.